The Hall–Kier alpha value is -0.0200. The van der Waals surface area contributed by atoms with Crippen LogP contribution in [0.2, 0.25) is 0 Å². The van der Waals surface area contributed by atoms with Crippen LogP contribution in [0, 0.1) is 11.3 Å². The van der Waals surface area contributed by atoms with Crippen molar-refractivity contribution in [2.45, 2.75) is 45.9 Å². The Morgan fingerprint density at radius 2 is 1.89 bits per heavy atom. The predicted molar refractivity (Wildman–Crippen MR) is 90.2 cm³/mol. The fraction of sp³-hybridized carbons (Fsp3) is 0.625. The summed E-state index contributed by atoms with van der Waals surface area (Å²) in [6.07, 6.45) is 1.12. The van der Waals surface area contributed by atoms with Gasteiger partial charge in [-0.3, -0.25) is 0 Å². The molecule has 1 aromatic carbocycles. The molecule has 0 aromatic heterocycles. The molecule has 2 unspecified atom stereocenters. The summed E-state index contributed by atoms with van der Waals surface area (Å²) in [5.74, 6) is 1.57. The molecule has 0 N–H and O–H groups in total. The summed E-state index contributed by atoms with van der Waals surface area (Å²) in [7, 11) is 0. The van der Waals surface area contributed by atoms with Gasteiger partial charge in [-0.1, -0.05) is 65.6 Å². The summed E-state index contributed by atoms with van der Waals surface area (Å²) in [4.78, 5) is 0.367. The van der Waals surface area contributed by atoms with Crippen LogP contribution < -0.4 is 4.74 Å². The third-order valence-electron chi connectivity index (χ3n) is 3.66. The third-order valence-corrected chi connectivity index (χ3v) is 5.21. The van der Waals surface area contributed by atoms with Crippen molar-refractivity contribution in [1.29, 1.82) is 0 Å². The third kappa shape index (κ3) is 5.11. The van der Waals surface area contributed by atoms with Crippen molar-refractivity contribution in [2.75, 3.05) is 6.61 Å². The van der Waals surface area contributed by atoms with Gasteiger partial charge in [-0.05, 0) is 42.4 Å². The highest BCUT2D eigenvalue weighted by molar-refractivity contribution is 9.11. The molecule has 19 heavy (non-hydrogen) atoms. The van der Waals surface area contributed by atoms with Gasteiger partial charge >= 0.3 is 0 Å². The maximum Gasteiger partial charge on any atom is 0.120 e. The summed E-state index contributed by atoms with van der Waals surface area (Å²) < 4.78 is 6.62. The van der Waals surface area contributed by atoms with Crippen molar-refractivity contribution in [3.63, 3.8) is 0 Å². The minimum absolute atomic E-state index is 0.337. The SMILES string of the molecule is CCOc1ccc(C(Br)CC(C)C(C)(C)C)c(Br)c1. The highest BCUT2D eigenvalue weighted by atomic mass is 79.9. The average Bonchev–Trinajstić information content (AvgIpc) is 2.27. The van der Waals surface area contributed by atoms with E-state index in [2.05, 4.69) is 71.7 Å². The second kappa shape index (κ2) is 7.12. The van der Waals surface area contributed by atoms with Crippen molar-refractivity contribution in [3.8, 4) is 5.75 Å². The zero-order chi connectivity index (χ0) is 14.6. The Morgan fingerprint density at radius 1 is 1.26 bits per heavy atom. The molecule has 0 amide bonds. The number of rotatable bonds is 5. The fourth-order valence-electron chi connectivity index (χ4n) is 1.81. The zero-order valence-electron chi connectivity index (χ0n) is 12.5. The van der Waals surface area contributed by atoms with Gasteiger partial charge in [-0.25, -0.2) is 0 Å². The standard InChI is InChI=1S/C16H24Br2O/c1-6-19-12-7-8-13(15(18)10-12)14(17)9-11(2)16(3,4)5/h7-8,10-11,14H,6,9H2,1-5H3. The molecule has 0 radical (unpaired) electrons. The molecular weight excluding hydrogens is 368 g/mol. The first-order chi connectivity index (χ1) is 8.75. The molecule has 0 saturated heterocycles. The van der Waals surface area contributed by atoms with Gasteiger partial charge in [0.15, 0.2) is 0 Å². The topological polar surface area (TPSA) is 9.23 Å². The summed E-state index contributed by atoms with van der Waals surface area (Å²) in [5.41, 5.74) is 1.63. The quantitative estimate of drug-likeness (QED) is 0.530. The van der Waals surface area contributed by atoms with Crippen molar-refractivity contribution in [1.82, 2.24) is 0 Å². The molecule has 0 fully saturated rings. The first-order valence-corrected chi connectivity index (χ1v) is 8.53. The maximum absolute atomic E-state index is 5.51. The summed E-state index contributed by atoms with van der Waals surface area (Å²) in [6, 6.07) is 6.23. The van der Waals surface area contributed by atoms with Gasteiger partial charge in [-0.15, -0.1) is 0 Å². The van der Waals surface area contributed by atoms with E-state index in [0.717, 1.165) is 16.6 Å². The average molecular weight is 392 g/mol. The maximum atomic E-state index is 5.51. The first-order valence-electron chi connectivity index (χ1n) is 6.82. The Morgan fingerprint density at radius 3 is 2.37 bits per heavy atom. The van der Waals surface area contributed by atoms with Crippen LogP contribution in [-0.4, -0.2) is 6.61 Å². The van der Waals surface area contributed by atoms with E-state index < -0.39 is 0 Å². The lowest BCUT2D eigenvalue weighted by Gasteiger charge is -2.29. The molecule has 1 nitrogen and oxygen atoms in total. The summed E-state index contributed by atoms with van der Waals surface area (Å²) in [5, 5.41) is 0. The van der Waals surface area contributed by atoms with Gasteiger partial charge in [0.05, 0.1) is 6.61 Å². The Bertz CT molecular complexity index is 410. The minimum Gasteiger partial charge on any atom is -0.494 e. The van der Waals surface area contributed by atoms with E-state index >= 15 is 0 Å². The largest absolute Gasteiger partial charge is 0.494 e. The van der Waals surface area contributed by atoms with Crippen molar-refractivity contribution in [2.24, 2.45) is 11.3 Å². The van der Waals surface area contributed by atoms with Crippen LogP contribution in [0.15, 0.2) is 22.7 Å². The molecule has 0 aliphatic heterocycles. The lowest BCUT2D eigenvalue weighted by Crippen LogP contribution is -2.18. The van der Waals surface area contributed by atoms with Crippen LogP contribution >= 0.6 is 31.9 Å². The molecule has 0 heterocycles. The molecule has 0 bridgehead atoms. The molecule has 2 atom stereocenters. The Labute approximate surface area is 134 Å². The van der Waals surface area contributed by atoms with E-state index in [4.69, 9.17) is 4.74 Å². The monoisotopic (exact) mass is 390 g/mol. The van der Waals surface area contributed by atoms with E-state index in [0.29, 0.717) is 22.8 Å². The van der Waals surface area contributed by atoms with Crippen LogP contribution in [0.5, 0.6) is 5.75 Å². The van der Waals surface area contributed by atoms with E-state index in [1.807, 2.05) is 13.0 Å². The van der Waals surface area contributed by atoms with Gasteiger partial charge in [0.25, 0.3) is 0 Å². The van der Waals surface area contributed by atoms with E-state index in [9.17, 15) is 0 Å². The first kappa shape index (κ1) is 17.0. The molecule has 1 rings (SSSR count). The number of alkyl halides is 1. The second-order valence-corrected chi connectivity index (χ2v) is 8.05. The van der Waals surface area contributed by atoms with Crippen molar-refractivity contribution < 1.29 is 4.74 Å². The smallest absolute Gasteiger partial charge is 0.120 e. The van der Waals surface area contributed by atoms with Crippen molar-refractivity contribution >= 4 is 31.9 Å². The van der Waals surface area contributed by atoms with Gasteiger partial charge in [0.1, 0.15) is 5.75 Å². The molecule has 0 aliphatic rings. The molecule has 1 aromatic rings. The number of hydrogen-bond acceptors (Lipinski definition) is 1. The Kier molecular flexibility index (Phi) is 6.38. The highest BCUT2D eigenvalue weighted by Crippen LogP contribution is 2.40. The van der Waals surface area contributed by atoms with Crippen LogP contribution in [0.4, 0.5) is 0 Å². The van der Waals surface area contributed by atoms with Crippen LogP contribution in [0.25, 0.3) is 0 Å². The van der Waals surface area contributed by atoms with Gasteiger partial charge in [0.2, 0.25) is 0 Å². The molecule has 0 aliphatic carbocycles. The lowest BCUT2D eigenvalue weighted by atomic mass is 9.79. The van der Waals surface area contributed by atoms with Crippen LogP contribution in [-0.2, 0) is 0 Å². The van der Waals surface area contributed by atoms with Crippen molar-refractivity contribution in [3.05, 3.63) is 28.2 Å². The van der Waals surface area contributed by atoms with E-state index in [-0.39, 0.29) is 0 Å². The van der Waals surface area contributed by atoms with Crippen LogP contribution in [0.1, 0.15) is 51.4 Å². The molecule has 108 valence electrons. The van der Waals surface area contributed by atoms with Gasteiger partial charge in [0, 0.05) is 9.30 Å². The molecular formula is C16H24Br2O. The zero-order valence-corrected chi connectivity index (χ0v) is 15.6. The molecule has 0 spiro atoms. The summed E-state index contributed by atoms with van der Waals surface area (Å²) in [6.45, 7) is 11.9. The van der Waals surface area contributed by atoms with Gasteiger partial charge < -0.3 is 4.74 Å². The number of ether oxygens (including phenoxy) is 1. The fourth-order valence-corrected chi connectivity index (χ4v) is 3.71. The van der Waals surface area contributed by atoms with E-state index in [1.54, 1.807) is 0 Å². The number of benzene rings is 1. The Balaban J connectivity index is 2.80. The lowest BCUT2D eigenvalue weighted by molar-refractivity contribution is 0.246. The predicted octanol–water partition coefficient (Wildman–Crippen LogP) is 6.36. The number of halogens is 2. The molecule has 3 heteroatoms. The van der Waals surface area contributed by atoms with E-state index in [1.165, 1.54) is 5.56 Å². The number of hydrogen-bond donors (Lipinski definition) is 0. The normalized spacial score (nSPS) is 15.1. The minimum atomic E-state index is 0.337. The van der Waals surface area contributed by atoms with Gasteiger partial charge in [-0.2, -0.15) is 0 Å². The molecule has 0 saturated carbocycles. The second-order valence-electron chi connectivity index (χ2n) is 6.09. The summed E-state index contributed by atoms with van der Waals surface area (Å²) >= 11 is 7.47. The highest BCUT2D eigenvalue weighted by Gasteiger charge is 2.24. The van der Waals surface area contributed by atoms with Crippen LogP contribution in [0.3, 0.4) is 0 Å².